The maximum Gasteiger partial charge on any atom is 0.327 e. The summed E-state index contributed by atoms with van der Waals surface area (Å²) < 4.78 is 0. The zero-order valence-corrected chi connectivity index (χ0v) is 8.13. The minimum Gasteiger partial charge on any atom is -0.478 e. The minimum absolute atomic E-state index is 0.0626. The van der Waals surface area contributed by atoms with Crippen LogP contribution in [-0.2, 0) is 4.79 Å². The molecule has 12 heavy (non-hydrogen) atoms. The monoisotopic (exact) mass is 170 g/mol. The smallest absolute Gasteiger partial charge is 0.327 e. The van der Waals surface area contributed by atoms with Crippen LogP contribution < -0.4 is 0 Å². The van der Waals surface area contributed by atoms with Crippen LogP contribution in [0.1, 0.15) is 40.0 Å². The van der Waals surface area contributed by atoms with E-state index in [9.17, 15) is 4.79 Å². The first-order valence-corrected chi connectivity index (χ1v) is 4.46. The summed E-state index contributed by atoms with van der Waals surface area (Å²) >= 11 is 0. The van der Waals surface area contributed by atoms with Gasteiger partial charge in [-0.05, 0) is 18.3 Å². The second-order valence-corrected chi connectivity index (χ2v) is 3.43. The van der Waals surface area contributed by atoms with E-state index in [0.717, 1.165) is 19.3 Å². The molecular weight excluding hydrogens is 152 g/mol. The lowest BCUT2D eigenvalue weighted by Gasteiger charge is -2.22. The summed E-state index contributed by atoms with van der Waals surface area (Å²) in [5.41, 5.74) is 0.0626. The Morgan fingerprint density at radius 1 is 1.50 bits per heavy atom. The molecule has 0 aliphatic rings. The summed E-state index contributed by atoms with van der Waals surface area (Å²) in [7, 11) is 0. The maximum atomic E-state index is 10.3. The zero-order chi connectivity index (χ0) is 9.61. The van der Waals surface area contributed by atoms with Crippen molar-refractivity contribution in [1.82, 2.24) is 0 Å². The standard InChI is InChI=1S/C10H18O2/c1-4-7-10(3,5-2)8-6-9(11)12/h6,8H,4-5,7H2,1-3H3,(H,11,12). The highest BCUT2D eigenvalue weighted by atomic mass is 16.4. The molecule has 0 saturated carbocycles. The van der Waals surface area contributed by atoms with Crippen LogP contribution in [0, 0.1) is 5.41 Å². The van der Waals surface area contributed by atoms with Crippen molar-refractivity contribution in [2.75, 3.05) is 0 Å². The van der Waals surface area contributed by atoms with Gasteiger partial charge in [-0.1, -0.05) is 33.3 Å². The third-order valence-corrected chi connectivity index (χ3v) is 2.26. The van der Waals surface area contributed by atoms with Crippen LogP contribution in [0.4, 0.5) is 0 Å². The first-order valence-electron chi connectivity index (χ1n) is 4.46. The Hall–Kier alpha value is -0.790. The first-order chi connectivity index (χ1) is 5.54. The van der Waals surface area contributed by atoms with E-state index in [4.69, 9.17) is 5.11 Å². The summed E-state index contributed by atoms with van der Waals surface area (Å²) in [6, 6.07) is 0. The summed E-state index contributed by atoms with van der Waals surface area (Å²) in [6.45, 7) is 6.29. The largest absolute Gasteiger partial charge is 0.478 e. The van der Waals surface area contributed by atoms with Crippen molar-refractivity contribution >= 4 is 5.97 Å². The van der Waals surface area contributed by atoms with Gasteiger partial charge in [0.15, 0.2) is 0 Å². The lowest BCUT2D eigenvalue weighted by molar-refractivity contribution is -0.131. The molecule has 1 unspecified atom stereocenters. The highest BCUT2D eigenvalue weighted by molar-refractivity contribution is 5.79. The van der Waals surface area contributed by atoms with Crippen molar-refractivity contribution in [3.05, 3.63) is 12.2 Å². The lowest BCUT2D eigenvalue weighted by Crippen LogP contribution is -2.11. The van der Waals surface area contributed by atoms with Gasteiger partial charge in [0, 0.05) is 6.08 Å². The van der Waals surface area contributed by atoms with E-state index in [-0.39, 0.29) is 5.41 Å². The van der Waals surface area contributed by atoms with Gasteiger partial charge < -0.3 is 5.11 Å². The zero-order valence-electron chi connectivity index (χ0n) is 8.13. The summed E-state index contributed by atoms with van der Waals surface area (Å²) in [6.07, 6.45) is 6.18. The van der Waals surface area contributed by atoms with Gasteiger partial charge in [0.05, 0.1) is 0 Å². The molecule has 2 heteroatoms. The second-order valence-electron chi connectivity index (χ2n) is 3.43. The molecule has 1 atom stereocenters. The van der Waals surface area contributed by atoms with Crippen LogP contribution in [-0.4, -0.2) is 11.1 Å². The van der Waals surface area contributed by atoms with Crippen LogP contribution in [0.2, 0.25) is 0 Å². The van der Waals surface area contributed by atoms with Crippen molar-refractivity contribution in [3.63, 3.8) is 0 Å². The van der Waals surface area contributed by atoms with Gasteiger partial charge >= 0.3 is 5.97 Å². The van der Waals surface area contributed by atoms with Gasteiger partial charge in [-0.15, -0.1) is 0 Å². The van der Waals surface area contributed by atoms with Crippen LogP contribution in [0.3, 0.4) is 0 Å². The normalized spacial score (nSPS) is 16.2. The van der Waals surface area contributed by atoms with E-state index in [1.54, 1.807) is 6.08 Å². The fraction of sp³-hybridized carbons (Fsp3) is 0.700. The van der Waals surface area contributed by atoms with Crippen LogP contribution in [0.5, 0.6) is 0 Å². The molecule has 2 nitrogen and oxygen atoms in total. The molecule has 70 valence electrons. The fourth-order valence-corrected chi connectivity index (χ4v) is 1.22. The topological polar surface area (TPSA) is 37.3 Å². The van der Waals surface area contributed by atoms with E-state index >= 15 is 0 Å². The number of carbonyl (C=O) groups is 1. The van der Waals surface area contributed by atoms with Gasteiger partial charge in [0.2, 0.25) is 0 Å². The fourth-order valence-electron chi connectivity index (χ4n) is 1.22. The van der Waals surface area contributed by atoms with Crippen LogP contribution in [0.25, 0.3) is 0 Å². The maximum absolute atomic E-state index is 10.3. The lowest BCUT2D eigenvalue weighted by atomic mass is 9.83. The molecule has 0 saturated heterocycles. The molecule has 0 fully saturated rings. The molecule has 0 spiro atoms. The Labute approximate surface area is 74.3 Å². The Bertz CT molecular complexity index is 173. The van der Waals surface area contributed by atoms with Crippen molar-refractivity contribution in [2.24, 2.45) is 5.41 Å². The highest BCUT2D eigenvalue weighted by Crippen LogP contribution is 2.28. The van der Waals surface area contributed by atoms with E-state index in [2.05, 4.69) is 20.8 Å². The van der Waals surface area contributed by atoms with E-state index in [1.807, 2.05) is 0 Å². The molecule has 0 heterocycles. The predicted molar refractivity (Wildman–Crippen MR) is 50.1 cm³/mol. The van der Waals surface area contributed by atoms with Gasteiger partial charge in [0.25, 0.3) is 0 Å². The highest BCUT2D eigenvalue weighted by Gasteiger charge is 2.16. The SMILES string of the molecule is CCCC(C)(C=CC(=O)O)CC. The van der Waals surface area contributed by atoms with Crippen molar-refractivity contribution in [3.8, 4) is 0 Å². The van der Waals surface area contributed by atoms with E-state index < -0.39 is 5.97 Å². The summed E-state index contributed by atoms with van der Waals surface area (Å²) in [5.74, 6) is -0.856. The number of carboxylic acid groups (broad SMARTS) is 1. The Morgan fingerprint density at radius 3 is 2.42 bits per heavy atom. The third kappa shape index (κ3) is 4.16. The van der Waals surface area contributed by atoms with Crippen molar-refractivity contribution in [1.29, 1.82) is 0 Å². The number of rotatable bonds is 5. The van der Waals surface area contributed by atoms with Gasteiger partial charge in [-0.2, -0.15) is 0 Å². The molecule has 0 aromatic carbocycles. The van der Waals surface area contributed by atoms with Crippen LogP contribution >= 0.6 is 0 Å². The number of allylic oxidation sites excluding steroid dienone is 1. The number of aliphatic carboxylic acids is 1. The molecular formula is C10H18O2. The third-order valence-electron chi connectivity index (χ3n) is 2.26. The quantitative estimate of drug-likeness (QED) is 0.644. The molecule has 0 amide bonds. The second kappa shape index (κ2) is 4.96. The predicted octanol–water partition coefficient (Wildman–Crippen LogP) is 2.84. The van der Waals surface area contributed by atoms with Gasteiger partial charge in [-0.25, -0.2) is 4.79 Å². The molecule has 0 aromatic rings. The molecule has 0 bridgehead atoms. The van der Waals surface area contributed by atoms with Crippen molar-refractivity contribution in [2.45, 2.75) is 40.0 Å². The van der Waals surface area contributed by atoms with Crippen molar-refractivity contribution < 1.29 is 9.90 Å². The van der Waals surface area contributed by atoms with Gasteiger partial charge in [0.1, 0.15) is 0 Å². The molecule has 0 radical (unpaired) electrons. The number of hydrogen-bond acceptors (Lipinski definition) is 1. The van der Waals surface area contributed by atoms with E-state index in [0.29, 0.717) is 0 Å². The van der Waals surface area contributed by atoms with Crippen LogP contribution in [0.15, 0.2) is 12.2 Å². The molecule has 1 N–H and O–H groups in total. The molecule has 0 aliphatic heterocycles. The Kier molecular flexibility index (Phi) is 4.64. The van der Waals surface area contributed by atoms with Gasteiger partial charge in [-0.3, -0.25) is 0 Å². The summed E-state index contributed by atoms with van der Waals surface area (Å²) in [5, 5.41) is 8.45. The summed E-state index contributed by atoms with van der Waals surface area (Å²) in [4.78, 5) is 10.3. The Morgan fingerprint density at radius 2 is 2.08 bits per heavy atom. The number of hydrogen-bond donors (Lipinski definition) is 1. The molecule has 0 rings (SSSR count). The molecule has 0 aromatic heterocycles. The van der Waals surface area contributed by atoms with E-state index in [1.165, 1.54) is 6.08 Å². The minimum atomic E-state index is -0.856. The first kappa shape index (κ1) is 11.2. The Balaban J connectivity index is 4.22. The average Bonchev–Trinajstić information content (AvgIpc) is 2.02. The number of carboxylic acids is 1. The molecule has 0 aliphatic carbocycles. The average molecular weight is 170 g/mol.